The number of carbonyl (C=O) groups is 1. The number of halogens is 2. The Labute approximate surface area is 206 Å². The summed E-state index contributed by atoms with van der Waals surface area (Å²) < 4.78 is 12.8. The van der Waals surface area contributed by atoms with E-state index in [1.807, 2.05) is 36.4 Å². The van der Waals surface area contributed by atoms with E-state index in [0.29, 0.717) is 39.4 Å². The number of carbonyl (C=O) groups excluding carboxylic acids is 1. The Hall–Kier alpha value is -2.83. The van der Waals surface area contributed by atoms with E-state index in [-0.39, 0.29) is 5.91 Å². The number of nitrogens with one attached hydrogen (secondary N) is 1. The first-order valence-corrected chi connectivity index (χ1v) is 11.8. The Morgan fingerprint density at radius 3 is 2.52 bits per heavy atom. The molecule has 1 amide bonds. The largest absolute Gasteiger partial charge is 0.478 e. The van der Waals surface area contributed by atoms with E-state index in [1.165, 1.54) is 5.56 Å². The number of hydrogen-bond acceptors (Lipinski definition) is 4. The number of amides is 1. The number of oxazole rings is 1. The molecule has 4 aromatic rings. The van der Waals surface area contributed by atoms with Crippen LogP contribution in [0.15, 0.2) is 69.6 Å². The summed E-state index contributed by atoms with van der Waals surface area (Å²) in [6, 6.07) is 18.6. The number of fused-ring (bicyclic) bond motifs is 1. The molecule has 0 aliphatic rings. The van der Waals surface area contributed by atoms with Gasteiger partial charge in [0.25, 0.3) is 5.91 Å². The average Bonchev–Trinajstić information content (AvgIpc) is 3.20. The molecule has 0 bridgehead atoms. The van der Waals surface area contributed by atoms with Crippen LogP contribution in [0, 0.1) is 0 Å². The molecule has 33 heavy (non-hydrogen) atoms. The van der Waals surface area contributed by atoms with Gasteiger partial charge in [-0.05, 0) is 79.9 Å². The van der Waals surface area contributed by atoms with E-state index < -0.39 is 5.60 Å². The molecule has 1 N–H and O–H groups in total. The zero-order valence-corrected chi connectivity index (χ0v) is 21.1. The van der Waals surface area contributed by atoms with Gasteiger partial charge in [-0.2, -0.15) is 0 Å². The number of ether oxygens (including phenoxy) is 1. The molecule has 3 aromatic carbocycles. The summed E-state index contributed by atoms with van der Waals surface area (Å²) in [7, 11) is 0. The van der Waals surface area contributed by atoms with Crippen LogP contribution in [0.3, 0.4) is 0 Å². The molecule has 1 heterocycles. The third-order valence-corrected chi connectivity index (χ3v) is 6.13. The summed E-state index contributed by atoms with van der Waals surface area (Å²) in [5, 5.41) is 3.28. The summed E-state index contributed by atoms with van der Waals surface area (Å²) in [6.07, 6.45) is 0. The Balaban J connectivity index is 1.57. The van der Waals surface area contributed by atoms with Crippen LogP contribution in [0.4, 0.5) is 5.69 Å². The van der Waals surface area contributed by atoms with Gasteiger partial charge in [-0.25, -0.2) is 4.98 Å². The Morgan fingerprint density at radius 2 is 1.82 bits per heavy atom. The lowest BCUT2D eigenvalue weighted by Crippen LogP contribution is -2.42. The highest BCUT2D eigenvalue weighted by atomic mass is 79.9. The summed E-state index contributed by atoms with van der Waals surface area (Å²) in [5.74, 6) is 1.12. The average molecular weight is 528 g/mol. The summed E-state index contributed by atoms with van der Waals surface area (Å²) in [4.78, 5) is 17.6. The molecule has 4 rings (SSSR count). The maximum absolute atomic E-state index is 13.0. The number of nitrogens with zero attached hydrogens (tertiary/aromatic N) is 1. The predicted molar refractivity (Wildman–Crippen MR) is 136 cm³/mol. The highest BCUT2D eigenvalue weighted by molar-refractivity contribution is 9.10. The molecule has 0 unspecified atom stereocenters. The third kappa shape index (κ3) is 5.23. The molecule has 0 saturated carbocycles. The lowest BCUT2D eigenvalue weighted by Gasteiger charge is -2.25. The molecular formula is C26H24BrClN2O3. The molecule has 0 radical (unpaired) electrons. The van der Waals surface area contributed by atoms with E-state index in [1.54, 1.807) is 38.1 Å². The van der Waals surface area contributed by atoms with Gasteiger partial charge in [0.2, 0.25) is 5.89 Å². The zero-order valence-electron chi connectivity index (χ0n) is 18.8. The smallest absolute Gasteiger partial charge is 0.268 e. The number of anilines is 1. The van der Waals surface area contributed by atoms with Crippen molar-refractivity contribution >= 4 is 50.2 Å². The lowest BCUT2D eigenvalue weighted by atomic mass is 10.0. The SMILES string of the molecule is CC(C)c1ccc2oc(-c3ccc(Cl)c(NC(=O)C(C)(C)Oc4ccc(Br)cc4)c3)nc2c1. The van der Waals surface area contributed by atoms with E-state index in [4.69, 9.17) is 20.8 Å². The minimum absolute atomic E-state index is 0.330. The van der Waals surface area contributed by atoms with Crippen LogP contribution in [-0.2, 0) is 4.79 Å². The van der Waals surface area contributed by atoms with Gasteiger partial charge in [-0.15, -0.1) is 0 Å². The van der Waals surface area contributed by atoms with Crippen molar-refractivity contribution in [2.75, 3.05) is 5.32 Å². The number of hydrogen-bond donors (Lipinski definition) is 1. The number of rotatable bonds is 6. The van der Waals surface area contributed by atoms with Gasteiger partial charge in [0, 0.05) is 10.0 Å². The van der Waals surface area contributed by atoms with E-state index in [9.17, 15) is 4.79 Å². The van der Waals surface area contributed by atoms with Gasteiger partial charge in [0.1, 0.15) is 11.3 Å². The van der Waals surface area contributed by atoms with Crippen LogP contribution in [0.5, 0.6) is 5.75 Å². The van der Waals surface area contributed by atoms with Gasteiger partial charge >= 0.3 is 0 Å². The summed E-state index contributed by atoms with van der Waals surface area (Å²) >= 11 is 9.77. The quantitative estimate of drug-likeness (QED) is 0.277. The minimum Gasteiger partial charge on any atom is -0.478 e. The maximum atomic E-state index is 13.0. The van der Waals surface area contributed by atoms with Gasteiger partial charge in [0.05, 0.1) is 10.7 Å². The second-order valence-corrected chi connectivity index (χ2v) is 9.94. The minimum atomic E-state index is -1.13. The normalized spacial score (nSPS) is 11.7. The van der Waals surface area contributed by atoms with Crippen LogP contribution >= 0.6 is 27.5 Å². The van der Waals surface area contributed by atoms with Crippen molar-refractivity contribution in [3.63, 3.8) is 0 Å². The van der Waals surface area contributed by atoms with Gasteiger partial charge < -0.3 is 14.5 Å². The fraction of sp³-hybridized carbons (Fsp3) is 0.231. The zero-order chi connectivity index (χ0) is 23.8. The molecule has 0 atom stereocenters. The maximum Gasteiger partial charge on any atom is 0.268 e. The Morgan fingerprint density at radius 1 is 1.09 bits per heavy atom. The van der Waals surface area contributed by atoms with Crippen LogP contribution in [0.25, 0.3) is 22.6 Å². The molecule has 7 heteroatoms. The molecule has 1 aromatic heterocycles. The van der Waals surface area contributed by atoms with Crippen molar-refractivity contribution in [1.29, 1.82) is 0 Å². The molecule has 0 fully saturated rings. The topological polar surface area (TPSA) is 64.4 Å². The van der Waals surface area contributed by atoms with Crippen LogP contribution < -0.4 is 10.1 Å². The number of aromatic nitrogens is 1. The number of benzene rings is 3. The predicted octanol–water partition coefficient (Wildman–Crippen LogP) is 7.83. The fourth-order valence-electron chi connectivity index (χ4n) is 3.30. The fourth-order valence-corrected chi connectivity index (χ4v) is 3.73. The molecule has 0 aliphatic carbocycles. The first-order chi connectivity index (χ1) is 15.6. The summed E-state index contributed by atoms with van der Waals surface area (Å²) in [5.41, 5.74) is 2.73. The molecule has 0 aliphatic heterocycles. The molecular weight excluding hydrogens is 504 g/mol. The Kier molecular flexibility index (Phi) is 6.50. The molecule has 0 saturated heterocycles. The van der Waals surface area contributed by atoms with Crippen molar-refractivity contribution < 1.29 is 13.9 Å². The first-order valence-electron chi connectivity index (χ1n) is 10.6. The Bertz CT molecular complexity index is 1310. The standard InChI is InChI=1S/C26H24BrClN2O3/c1-15(2)16-6-12-23-22(13-16)29-24(32-23)17-5-11-20(28)21(14-17)30-25(31)26(3,4)33-19-9-7-18(27)8-10-19/h5-15H,1-4H3,(H,30,31). The van der Waals surface area contributed by atoms with Crippen molar-refractivity contribution in [2.45, 2.75) is 39.2 Å². The third-order valence-electron chi connectivity index (χ3n) is 5.27. The van der Waals surface area contributed by atoms with Crippen LogP contribution in [0.1, 0.15) is 39.2 Å². The second-order valence-electron chi connectivity index (χ2n) is 8.62. The van der Waals surface area contributed by atoms with Crippen molar-refractivity contribution in [1.82, 2.24) is 4.98 Å². The van der Waals surface area contributed by atoms with Gasteiger partial charge in [-0.3, -0.25) is 4.79 Å². The highest BCUT2D eigenvalue weighted by Gasteiger charge is 2.30. The van der Waals surface area contributed by atoms with Crippen LogP contribution in [-0.4, -0.2) is 16.5 Å². The van der Waals surface area contributed by atoms with Crippen LogP contribution in [0.2, 0.25) is 5.02 Å². The molecule has 170 valence electrons. The van der Waals surface area contributed by atoms with Crippen molar-refractivity contribution in [3.05, 3.63) is 75.7 Å². The second kappa shape index (κ2) is 9.20. The summed E-state index contributed by atoms with van der Waals surface area (Å²) in [6.45, 7) is 7.68. The molecule has 0 spiro atoms. The van der Waals surface area contributed by atoms with E-state index >= 15 is 0 Å². The monoisotopic (exact) mass is 526 g/mol. The first kappa shape index (κ1) is 23.3. The van der Waals surface area contributed by atoms with Gasteiger partial charge in [-0.1, -0.05) is 47.4 Å². The highest BCUT2D eigenvalue weighted by Crippen LogP contribution is 2.32. The van der Waals surface area contributed by atoms with E-state index in [0.717, 1.165) is 9.99 Å². The van der Waals surface area contributed by atoms with Gasteiger partial charge in [0.15, 0.2) is 11.2 Å². The van der Waals surface area contributed by atoms with Crippen molar-refractivity contribution in [2.24, 2.45) is 0 Å². The molecule has 5 nitrogen and oxygen atoms in total. The van der Waals surface area contributed by atoms with E-state index in [2.05, 4.69) is 40.1 Å². The lowest BCUT2D eigenvalue weighted by molar-refractivity contribution is -0.128. The van der Waals surface area contributed by atoms with Crippen molar-refractivity contribution in [3.8, 4) is 17.2 Å².